The third kappa shape index (κ3) is 7.92. The molecule has 2 atom stereocenters. The van der Waals surface area contributed by atoms with Crippen molar-refractivity contribution >= 4 is 40.4 Å². The number of methoxy groups -OCH3 is 1. The Balaban J connectivity index is 1.79. The number of aromatic nitrogens is 1. The molecule has 1 fully saturated rings. The molecule has 0 saturated carbocycles. The van der Waals surface area contributed by atoms with Gasteiger partial charge in [-0.05, 0) is 43.9 Å². The lowest BCUT2D eigenvalue weighted by Crippen LogP contribution is -2.51. The summed E-state index contributed by atoms with van der Waals surface area (Å²) in [6, 6.07) is 7.15. The van der Waals surface area contributed by atoms with Crippen LogP contribution in [0.15, 0.2) is 36.4 Å². The van der Waals surface area contributed by atoms with Crippen LogP contribution in [0.1, 0.15) is 50.5 Å². The number of carbonyl (C=O) groups excluding carboxylic acids is 5. The lowest BCUT2D eigenvalue weighted by Gasteiger charge is -2.27. The van der Waals surface area contributed by atoms with Crippen LogP contribution in [0.3, 0.4) is 0 Å². The van der Waals surface area contributed by atoms with E-state index in [1.54, 1.807) is 26.2 Å². The van der Waals surface area contributed by atoms with Gasteiger partial charge in [0.2, 0.25) is 11.8 Å². The lowest BCUT2D eigenvalue weighted by atomic mass is 9.91. The van der Waals surface area contributed by atoms with Crippen molar-refractivity contribution in [3.05, 3.63) is 42.1 Å². The van der Waals surface area contributed by atoms with Crippen LogP contribution in [0.2, 0.25) is 0 Å². The molecule has 39 heavy (non-hydrogen) atoms. The van der Waals surface area contributed by atoms with Crippen molar-refractivity contribution in [2.24, 2.45) is 17.8 Å². The molecular weight excluding hydrogens is 504 g/mol. The summed E-state index contributed by atoms with van der Waals surface area (Å²) in [5.74, 6) is -2.94. The van der Waals surface area contributed by atoms with Crippen LogP contribution in [0.5, 0.6) is 5.75 Å². The van der Waals surface area contributed by atoms with E-state index in [4.69, 9.17) is 9.47 Å². The summed E-state index contributed by atoms with van der Waals surface area (Å²) >= 11 is 0. The van der Waals surface area contributed by atoms with Gasteiger partial charge in [0.1, 0.15) is 5.75 Å². The van der Waals surface area contributed by atoms with Gasteiger partial charge in [0, 0.05) is 41.9 Å². The molecule has 1 aromatic carbocycles. The van der Waals surface area contributed by atoms with Crippen molar-refractivity contribution in [2.45, 2.75) is 40.0 Å². The summed E-state index contributed by atoms with van der Waals surface area (Å²) in [6.45, 7) is 6.06. The van der Waals surface area contributed by atoms with Crippen molar-refractivity contribution in [3.8, 4) is 5.75 Å². The van der Waals surface area contributed by atoms with Gasteiger partial charge in [-0.15, -0.1) is 0 Å². The minimum atomic E-state index is -0.743. The minimum Gasteiger partial charge on any atom is -0.496 e. The van der Waals surface area contributed by atoms with Gasteiger partial charge in [-0.25, -0.2) is 9.80 Å². The maximum atomic E-state index is 13.4. The van der Waals surface area contributed by atoms with Gasteiger partial charge in [0.15, 0.2) is 5.78 Å². The zero-order chi connectivity index (χ0) is 28.5. The summed E-state index contributed by atoms with van der Waals surface area (Å²) in [7, 11) is 1.55. The molecule has 0 unspecified atom stereocenters. The summed E-state index contributed by atoms with van der Waals surface area (Å²) in [6.07, 6.45) is 2.76. The first-order valence-corrected chi connectivity index (χ1v) is 13.1. The summed E-state index contributed by atoms with van der Waals surface area (Å²) in [5.41, 5.74) is 3.70. The zero-order valence-electron chi connectivity index (χ0n) is 22.7. The molecule has 0 bridgehead atoms. The Morgan fingerprint density at radius 1 is 1.21 bits per heavy atom. The van der Waals surface area contributed by atoms with Crippen LogP contribution in [-0.4, -0.2) is 66.3 Å². The highest BCUT2D eigenvalue weighted by Gasteiger charge is 2.31. The number of H-pyrrole nitrogens is 1. The summed E-state index contributed by atoms with van der Waals surface area (Å²) in [4.78, 5) is 66.6. The highest BCUT2D eigenvalue weighted by molar-refractivity contribution is 6.02. The van der Waals surface area contributed by atoms with E-state index in [9.17, 15) is 24.0 Å². The molecule has 2 aromatic rings. The van der Waals surface area contributed by atoms with E-state index in [0.29, 0.717) is 30.8 Å². The first-order valence-electron chi connectivity index (χ1n) is 13.1. The first-order chi connectivity index (χ1) is 18.6. The lowest BCUT2D eigenvalue weighted by molar-refractivity contribution is -0.142. The van der Waals surface area contributed by atoms with Crippen molar-refractivity contribution in [1.82, 2.24) is 20.7 Å². The standard InChI is InChI=1S/C28H36N4O7/c1-5-39-26(35)10-9-25(34)32(16-18-11-12-29-27(18)36)31-28(37)19(13-17(2)3)14-23(33)22-15-20-21(30-22)7-6-8-24(20)38-4/h6-10,15,17-19,30H,5,11-14,16H2,1-4H3,(H,29,36)(H,31,37)/b10-9+/t18-,19+/m0/s1. The molecule has 0 aliphatic carbocycles. The SMILES string of the molecule is CCOC(=O)/C=C/C(=O)N(C[C@@H]1CCNC1=O)NC(=O)[C@@H](CC(=O)c1cc2c(OC)cccc2[nH]1)CC(C)C. The Hall–Kier alpha value is -4.15. The number of benzene rings is 1. The third-order valence-electron chi connectivity index (χ3n) is 6.43. The predicted octanol–water partition coefficient (Wildman–Crippen LogP) is 2.53. The van der Waals surface area contributed by atoms with E-state index in [0.717, 1.165) is 28.1 Å². The smallest absolute Gasteiger partial charge is 0.330 e. The average molecular weight is 541 g/mol. The van der Waals surface area contributed by atoms with Crippen molar-refractivity contribution < 1.29 is 33.4 Å². The number of hydrogen-bond donors (Lipinski definition) is 3. The van der Waals surface area contributed by atoms with Gasteiger partial charge >= 0.3 is 5.97 Å². The Kier molecular flexibility index (Phi) is 10.2. The number of nitrogens with one attached hydrogen (secondary N) is 3. The number of amides is 3. The molecule has 0 radical (unpaired) electrons. The molecule has 0 spiro atoms. The number of ketones is 1. The Morgan fingerprint density at radius 2 is 1.97 bits per heavy atom. The average Bonchev–Trinajstić information content (AvgIpc) is 3.52. The quantitative estimate of drug-likeness (QED) is 0.162. The van der Waals surface area contributed by atoms with Gasteiger partial charge in [-0.3, -0.25) is 24.6 Å². The van der Waals surface area contributed by atoms with Crippen LogP contribution in [-0.2, 0) is 23.9 Å². The summed E-state index contributed by atoms with van der Waals surface area (Å²) < 4.78 is 10.2. The van der Waals surface area contributed by atoms with Gasteiger partial charge in [0.05, 0.1) is 31.9 Å². The number of hydrazine groups is 1. The molecule has 1 aliphatic rings. The number of rotatable bonds is 12. The van der Waals surface area contributed by atoms with Crippen molar-refractivity contribution in [2.75, 3.05) is 26.8 Å². The normalized spacial score (nSPS) is 15.8. The van der Waals surface area contributed by atoms with E-state index in [-0.39, 0.29) is 37.2 Å². The number of Topliss-reactive ketones (excluding diaryl/α,β-unsaturated/α-hetero) is 1. The molecule has 11 heteroatoms. The van der Waals surface area contributed by atoms with Crippen LogP contribution < -0.4 is 15.5 Å². The van der Waals surface area contributed by atoms with E-state index in [1.165, 1.54) is 0 Å². The Morgan fingerprint density at radius 3 is 2.62 bits per heavy atom. The predicted molar refractivity (Wildman–Crippen MR) is 143 cm³/mol. The number of ether oxygens (including phenoxy) is 2. The van der Waals surface area contributed by atoms with Crippen LogP contribution in [0.4, 0.5) is 0 Å². The number of fused-ring (bicyclic) bond motifs is 1. The first kappa shape index (κ1) is 29.4. The molecule has 3 rings (SSSR count). The molecule has 1 aromatic heterocycles. The van der Waals surface area contributed by atoms with Gasteiger partial charge in [0.25, 0.3) is 5.91 Å². The summed E-state index contributed by atoms with van der Waals surface area (Å²) in [5, 5.41) is 4.49. The molecule has 1 saturated heterocycles. The monoisotopic (exact) mass is 540 g/mol. The number of aromatic amines is 1. The van der Waals surface area contributed by atoms with Crippen molar-refractivity contribution in [1.29, 1.82) is 0 Å². The van der Waals surface area contributed by atoms with Crippen molar-refractivity contribution in [3.63, 3.8) is 0 Å². The number of esters is 1. The highest BCUT2D eigenvalue weighted by atomic mass is 16.5. The molecule has 3 N–H and O–H groups in total. The van der Waals surface area contributed by atoms with Gasteiger partial charge in [-0.2, -0.15) is 0 Å². The van der Waals surface area contributed by atoms with E-state index in [2.05, 4.69) is 15.7 Å². The second-order valence-electron chi connectivity index (χ2n) is 9.85. The Labute approximate surface area is 227 Å². The third-order valence-corrected chi connectivity index (χ3v) is 6.43. The maximum Gasteiger partial charge on any atom is 0.330 e. The van der Waals surface area contributed by atoms with Crippen LogP contribution >= 0.6 is 0 Å². The van der Waals surface area contributed by atoms with Gasteiger partial charge in [-0.1, -0.05) is 19.9 Å². The fourth-order valence-corrected chi connectivity index (χ4v) is 4.52. The topological polar surface area (TPSA) is 147 Å². The fraction of sp³-hybridized carbons (Fsp3) is 0.464. The molecule has 210 valence electrons. The van der Waals surface area contributed by atoms with E-state index >= 15 is 0 Å². The molecular formula is C28H36N4O7. The zero-order valence-corrected chi connectivity index (χ0v) is 22.7. The molecule has 11 nitrogen and oxygen atoms in total. The molecule has 2 heterocycles. The Bertz CT molecular complexity index is 1250. The van der Waals surface area contributed by atoms with Crippen LogP contribution in [0.25, 0.3) is 10.9 Å². The number of hydrogen-bond acceptors (Lipinski definition) is 7. The molecule has 1 aliphatic heterocycles. The van der Waals surface area contributed by atoms with E-state index < -0.39 is 29.6 Å². The second-order valence-corrected chi connectivity index (χ2v) is 9.85. The van der Waals surface area contributed by atoms with Gasteiger partial charge < -0.3 is 19.8 Å². The maximum absolute atomic E-state index is 13.4. The largest absolute Gasteiger partial charge is 0.496 e. The van der Waals surface area contributed by atoms with E-state index in [1.807, 2.05) is 26.0 Å². The van der Waals surface area contributed by atoms with Crippen LogP contribution in [0, 0.1) is 17.8 Å². The second kappa shape index (κ2) is 13.6. The number of carbonyl (C=O) groups is 5. The highest BCUT2D eigenvalue weighted by Crippen LogP contribution is 2.27. The fourth-order valence-electron chi connectivity index (χ4n) is 4.52. The molecule has 3 amide bonds. The minimum absolute atomic E-state index is 0.0757. The number of nitrogens with zero attached hydrogens (tertiary/aromatic N) is 1.